The minimum absolute atomic E-state index is 0. The lowest BCUT2D eigenvalue weighted by atomic mass is 9.80. The van der Waals surface area contributed by atoms with E-state index in [9.17, 15) is 18.3 Å². The number of aliphatic hydroxyl groups is 1. The molecule has 1 nitrogen and oxygen atoms in total. The number of rotatable bonds is 2. The van der Waals surface area contributed by atoms with Gasteiger partial charge in [-0.15, -0.1) is 12.4 Å². The van der Waals surface area contributed by atoms with Gasteiger partial charge >= 0.3 is 6.18 Å². The largest absolute Gasteiger partial charge is 0.416 e. The Morgan fingerprint density at radius 3 is 2.32 bits per heavy atom. The molecule has 0 saturated heterocycles. The number of hydrogen-bond donors (Lipinski definition) is 1. The summed E-state index contributed by atoms with van der Waals surface area (Å²) in [6.45, 7) is 0. The van der Waals surface area contributed by atoms with E-state index in [4.69, 9.17) is 0 Å². The molecule has 1 fully saturated rings. The molecule has 0 heterocycles. The molecule has 0 radical (unpaired) electrons. The fraction of sp³-hybridized carbons (Fsp3) is 0.571. The molecule has 0 aromatic heterocycles. The van der Waals surface area contributed by atoms with Crippen LogP contribution in [-0.2, 0) is 12.6 Å². The lowest BCUT2D eigenvalue weighted by molar-refractivity contribution is -0.137. The van der Waals surface area contributed by atoms with Gasteiger partial charge in [0.2, 0.25) is 0 Å². The monoisotopic (exact) mass is 294 g/mol. The van der Waals surface area contributed by atoms with Crippen LogP contribution in [0.25, 0.3) is 0 Å². The zero-order valence-corrected chi connectivity index (χ0v) is 11.4. The summed E-state index contributed by atoms with van der Waals surface area (Å²) in [6, 6.07) is 5.27. The highest BCUT2D eigenvalue weighted by molar-refractivity contribution is 5.85. The lowest BCUT2D eigenvalue weighted by Crippen LogP contribution is -2.33. The van der Waals surface area contributed by atoms with Gasteiger partial charge in [0, 0.05) is 6.42 Å². The number of alkyl halides is 3. The summed E-state index contributed by atoms with van der Waals surface area (Å²) < 4.78 is 37.7. The highest BCUT2D eigenvalue weighted by atomic mass is 35.5. The quantitative estimate of drug-likeness (QED) is 0.859. The molecule has 1 N–H and O–H groups in total. The van der Waals surface area contributed by atoms with Gasteiger partial charge in [0.05, 0.1) is 11.2 Å². The Morgan fingerprint density at radius 2 is 1.74 bits per heavy atom. The first-order chi connectivity index (χ1) is 8.39. The third kappa shape index (κ3) is 4.39. The molecule has 1 aromatic rings. The van der Waals surface area contributed by atoms with Crippen LogP contribution in [0.3, 0.4) is 0 Å². The van der Waals surface area contributed by atoms with Crippen molar-refractivity contribution in [1.82, 2.24) is 0 Å². The summed E-state index contributed by atoms with van der Waals surface area (Å²) in [7, 11) is 0. The Bertz CT molecular complexity index is 411. The van der Waals surface area contributed by atoms with Crippen molar-refractivity contribution < 1.29 is 18.3 Å². The van der Waals surface area contributed by atoms with Crippen LogP contribution in [0.4, 0.5) is 13.2 Å². The normalized spacial score (nSPS) is 18.7. The van der Waals surface area contributed by atoms with Crippen molar-refractivity contribution in [3.8, 4) is 0 Å². The molecule has 19 heavy (non-hydrogen) atoms. The molecule has 1 aliphatic carbocycles. The second-order valence-corrected chi connectivity index (χ2v) is 5.16. The summed E-state index contributed by atoms with van der Waals surface area (Å²) in [5.74, 6) is 0. The minimum atomic E-state index is -4.31. The topological polar surface area (TPSA) is 20.2 Å². The molecule has 0 bridgehead atoms. The van der Waals surface area contributed by atoms with E-state index in [0.717, 1.165) is 31.4 Å². The van der Waals surface area contributed by atoms with Crippen LogP contribution in [0.15, 0.2) is 24.3 Å². The van der Waals surface area contributed by atoms with Gasteiger partial charge < -0.3 is 5.11 Å². The molecular weight excluding hydrogens is 277 g/mol. The van der Waals surface area contributed by atoms with E-state index >= 15 is 0 Å². The van der Waals surface area contributed by atoms with E-state index in [1.807, 2.05) is 0 Å². The van der Waals surface area contributed by atoms with Crippen molar-refractivity contribution in [3.05, 3.63) is 35.4 Å². The van der Waals surface area contributed by atoms with Crippen LogP contribution in [0.2, 0.25) is 0 Å². The van der Waals surface area contributed by atoms with Crippen molar-refractivity contribution >= 4 is 12.4 Å². The molecule has 1 aromatic carbocycles. The van der Waals surface area contributed by atoms with Gasteiger partial charge in [-0.3, -0.25) is 0 Å². The Kier molecular flexibility index (Phi) is 5.27. The van der Waals surface area contributed by atoms with Crippen LogP contribution in [0, 0.1) is 0 Å². The van der Waals surface area contributed by atoms with Gasteiger partial charge in [0.15, 0.2) is 0 Å². The molecule has 0 aliphatic heterocycles. The molecule has 0 amide bonds. The van der Waals surface area contributed by atoms with Gasteiger partial charge in [0.25, 0.3) is 0 Å². The highest BCUT2D eigenvalue weighted by Crippen LogP contribution is 2.33. The van der Waals surface area contributed by atoms with Crippen LogP contribution in [0.1, 0.15) is 43.2 Å². The van der Waals surface area contributed by atoms with Gasteiger partial charge in [0.1, 0.15) is 0 Å². The fourth-order valence-corrected chi connectivity index (χ4v) is 2.62. The van der Waals surface area contributed by atoms with E-state index < -0.39 is 17.3 Å². The molecule has 0 spiro atoms. The lowest BCUT2D eigenvalue weighted by Gasteiger charge is -2.32. The molecule has 1 saturated carbocycles. The molecule has 2 rings (SSSR count). The van der Waals surface area contributed by atoms with E-state index in [2.05, 4.69) is 0 Å². The maximum atomic E-state index is 12.6. The molecular formula is C14H18ClF3O. The smallest absolute Gasteiger partial charge is 0.390 e. The van der Waals surface area contributed by atoms with Gasteiger partial charge in [-0.05, 0) is 24.5 Å². The van der Waals surface area contributed by atoms with Crippen molar-refractivity contribution in [2.45, 2.75) is 50.3 Å². The summed E-state index contributed by atoms with van der Waals surface area (Å²) in [6.07, 6.45) is 0.379. The predicted molar refractivity (Wildman–Crippen MR) is 70.4 cm³/mol. The van der Waals surface area contributed by atoms with E-state index in [-0.39, 0.29) is 12.4 Å². The summed E-state index contributed by atoms with van der Waals surface area (Å²) in [4.78, 5) is 0. The first-order valence-electron chi connectivity index (χ1n) is 6.28. The predicted octanol–water partition coefficient (Wildman–Crippen LogP) is 4.36. The van der Waals surface area contributed by atoms with E-state index in [0.29, 0.717) is 24.8 Å². The molecule has 1 aliphatic rings. The van der Waals surface area contributed by atoms with Crippen LogP contribution in [-0.4, -0.2) is 10.7 Å². The number of hydrogen-bond acceptors (Lipinski definition) is 1. The Labute approximate surface area is 117 Å². The van der Waals surface area contributed by atoms with Crippen molar-refractivity contribution in [3.63, 3.8) is 0 Å². The molecule has 0 atom stereocenters. The Morgan fingerprint density at radius 1 is 1.11 bits per heavy atom. The Balaban J connectivity index is 0.00000180. The number of benzene rings is 1. The van der Waals surface area contributed by atoms with Crippen LogP contribution < -0.4 is 0 Å². The first kappa shape index (κ1) is 16.3. The van der Waals surface area contributed by atoms with E-state index in [1.165, 1.54) is 6.07 Å². The van der Waals surface area contributed by atoms with Crippen molar-refractivity contribution in [1.29, 1.82) is 0 Å². The second-order valence-electron chi connectivity index (χ2n) is 5.16. The summed E-state index contributed by atoms with van der Waals surface area (Å²) in [5.41, 5.74) is -0.892. The van der Waals surface area contributed by atoms with Crippen molar-refractivity contribution in [2.75, 3.05) is 0 Å². The average molecular weight is 295 g/mol. The average Bonchev–Trinajstić information content (AvgIpc) is 2.28. The SMILES string of the molecule is Cl.OC1(Cc2cccc(C(F)(F)F)c2)CCCCC1. The maximum absolute atomic E-state index is 12.6. The maximum Gasteiger partial charge on any atom is 0.416 e. The fourth-order valence-electron chi connectivity index (χ4n) is 2.62. The van der Waals surface area contributed by atoms with Gasteiger partial charge in [-0.2, -0.15) is 13.2 Å². The number of halogens is 4. The van der Waals surface area contributed by atoms with Crippen LogP contribution >= 0.6 is 12.4 Å². The second kappa shape index (κ2) is 6.14. The van der Waals surface area contributed by atoms with Crippen molar-refractivity contribution in [2.24, 2.45) is 0 Å². The zero-order chi connectivity index (χ0) is 13.2. The Hall–Kier alpha value is -0.740. The minimum Gasteiger partial charge on any atom is -0.390 e. The first-order valence-corrected chi connectivity index (χ1v) is 6.28. The third-order valence-corrected chi connectivity index (χ3v) is 3.57. The molecule has 5 heteroatoms. The van der Waals surface area contributed by atoms with Gasteiger partial charge in [-0.25, -0.2) is 0 Å². The zero-order valence-electron chi connectivity index (χ0n) is 10.5. The highest BCUT2D eigenvalue weighted by Gasteiger charge is 2.32. The standard InChI is InChI=1S/C14H17F3O.ClH/c15-14(16,17)12-6-4-5-11(9-12)10-13(18)7-2-1-3-8-13;/h4-6,9,18H,1-3,7-8,10H2;1H. The third-order valence-electron chi connectivity index (χ3n) is 3.57. The van der Waals surface area contributed by atoms with E-state index in [1.54, 1.807) is 6.07 Å². The van der Waals surface area contributed by atoms with Crippen LogP contribution in [0.5, 0.6) is 0 Å². The summed E-state index contributed by atoms with van der Waals surface area (Å²) in [5, 5.41) is 10.3. The molecule has 0 unspecified atom stereocenters. The molecule has 108 valence electrons. The summed E-state index contributed by atoms with van der Waals surface area (Å²) >= 11 is 0. The van der Waals surface area contributed by atoms with Gasteiger partial charge in [-0.1, -0.05) is 37.5 Å².